The summed E-state index contributed by atoms with van der Waals surface area (Å²) in [5.41, 5.74) is -0.00479. The van der Waals surface area contributed by atoms with Crippen molar-refractivity contribution in [2.45, 2.75) is 31.3 Å². The summed E-state index contributed by atoms with van der Waals surface area (Å²) in [4.78, 5) is 15.0. The Kier molecular flexibility index (Phi) is 4.38. The Bertz CT molecular complexity index is 338. The SMILES string of the molecule is C=C.O=C1CCC(O)(c2cccnc2)CC1. The number of pyridine rings is 1. The number of aliphatic hydroxyl groups is 1. The van der Waals surface area contributed by atoms with Gasteiger partial charge in [0.1, 0.15) is 5.78 Å². The van der Waals surface area contributed by atoms with Crippen LogP contribution in [0.1, 0.15) is 31.2 Å². The topological polar surface area (TPSA) is 50.2 Å². The van der Waals surface area contributed by atoms with E-state index in [0.717, 1.165) is 5.56 Å². The van der Waals surface area contributed by atoms with Gasteiger partial charge in [-0.1, -0.05) is 6.07 Å². The molecule has 1 aliphatic rings. The van der Waals surface area contributed by atoms with Crippen molar-refractivity contribution in [2.75, 3.05) is 0 Å². The van der Waals surface area contributed by atoms with E-state index in [4.69, 9.17) is 0 Å². The predicted molar refractivity (Wildman–Crippen MR) is 62.9 cm³/mol. The number of hydrogen-bond donors (Lipinski definition) is 1. The number of aromatic nitrogens is 1. The summed E-state index contributed by atoms with van der Waals surface area (Å²) in [7, 11) is 0. The van der Waals surface area contributed by atoms with Gasteiger partial charge in [0, 0.05) is 30.8 Å². The average molecular weight is 219 g/mol. The summed E-state index contributed by atoms with van der Waals surface area (Å²) in [5, 5.41) is 10.3. The molecule has 16 heavy (non-hydrogen) atoms. The molecule has 0 saturated heterocycles. The molecule has 0 aliphatic heterocycles. The van der Waals surface area contributed by atoms with Crippen LogP contribution in [0, 0.1) is 0 Å². The van der Waals surface area contributed by atoms with E-state index in [-0.39, 0.29) is 5.78 Å². The Hall–Kier alpha value is -1.48. The van der Waals surface area contributed by atoms with E-state index in [0.29, 0.717) is 25.7 Å². The minimum absolute atomic E-state index is 0.249. The van der Waals surface area contributed by atoms with Crippen LogP contribution in [0.3, 0.4) is 0 Å². The lowest BCUT2D eigenvalue weighted by Crippen LogP contribution is -2.31. The van der Waals surface area contributed by atoms with E-state index < -0.39 is 5.60 Å². The van der Waals surface area contributed by atoms with Gasteiger partial charge in [0.05, 0.1) is 5.60 Å². The molecule has 3 heteroatoms. The predicted octanol–water partition coefficient (Wildman–Crippen LogP) is 2.21. The molecular weight excluding hydrogens is 202 g/mol. The van der Waals surface area contributed by atoms with Crippen LogP contribution in [0.2, 0.25) is 0 Å². The number of carbonyl (C=O) groups excluding carboxylic acids is 1. The van der Waals surface area contributed by atoms with Gasteiger partial charge in [-0.15, -0.1) is 13.2 Å². The summed E-state index contributed by atoms with van der Waals surface area (Å²) in [6.07, 6.45) is 5.36. The highest BCUT2D eigenvalue weighted by molar-refractivity contribution is 5.79. The van der Waals surface area contributed by atoms with Gasteiger partial charge in [-0.3, -0.25) is 9.78 Å². The summed E-state index contributed by atoms with van der Waals surface area (Å²) in [6.45, 7) is 6.00. The Labute approximate surface area is 95.8 Å². The maximum atomic E-state index is 11.1. The molecule has 0 atom stereocenters. The number of nitrogens with zero attached hydrogens (tertiary/aromatic N) is 1. The number of Topliss-reactive ketones (excluding diaryl/α,β-unsaturated/α-hetero) is 1. The number of rotatable bonds is 1. The van der Waals surface area contributed by atoms with Gasteiger partial charge < -0.3 is 5.11 Å². The van der Waals surface area contributed by atoms with Crippen molar-refractivity contribution in [2.24, 2.45) is 0 Å². The summed E-state index contributed by atoms with van der Waals surface area (Å²) < 4.78 is 0. The molecule has 0 spiro atoms. The van der Waals surface area contributed by atoms with Crippen LogP contribution in [0.5, 0.6) is 0 Å². The van der Waals surface area contributed by atoms with Crippen molar-refractivity contribution in [1.29, 1.82) is 0 Å². The third-order valence-corrected chi connectivity index (χ3v) is 2.83. The smallest absolute Gasteiger partial charge is 0.133 e. The molecule has 1 aromatic rings. The van der Waals surface area contributed by atoms with Crippen LogP contribution in [0.25, 0.3) is 0 Å². The van der Waals surface area contributed by atoms with Crippen molar-refractivity contribution in [3.05, 3.63) is 43.2 Å². The van der Waals surface area contributed by atoms with E-state index in [1.165, 1.54) is 0 Å². The van der Waals surface area contributed by atoms with Gasteiger partial charge in [-0.2, -0.15) is 0 Å². The Morgan fingerprint density at radius 3 is 2.44 bits per heavy atom. The maximum Gasteiger partial charge on any atom is 0.133 e. The van der Waals surface area contributed by atoms with Crippen molar-refractivity contribution >= 4 is 5.78 Å². The van der Waals surface area contributed by atoms with Crippen LogP contribution in [-0.2, 0) is 10.4 Å². The molecule has 1 N–H and O–H groups in total. The van der Waals surface area contributed by atoms with Gasteiger partial charge in [0.15, 0.2) is 0 Å². The molecule has 0 unspecified atom stereocenters. The first-order valence-electron chi connectivity index (χ1n) is 5.35. The third kappa shape index (κ3) is 2.76. The Balaban J connectivity index is 0.000000606. The molecule has 0 bridgehead atoms. The number of ketones is 1. The zero-order valence-corrected chi connectivity index (χ0v) is 9.35. The largest absolute Gasteiger partial charge is 0.385 e. The molecule has 0 radical (unpaired) electrons. The van der Waals surface area contributed by atoms with Crippen LogP contribution >= 0.6 is 0 Å². The normalized spacial score (nSPS) is 18.4. The summed E-state index contributed by atoms with van der Waals surface area (Å²) >= 11 is 0. The second kappa shape index (κ2) is 5.56. The van der Waals surface area contributed by atoms with E-state index >= 15 is 0 Å². The van der Waals surface area contributed by atoms with Gasteiger partial charge in [-0.05, 0) is 18.9 Å². The Morgan fingerprint density at radius 2 is 1.94 bits per heavy atom. The minimum Gasteiger partial charge on any atom is -0.385 e. The fourth-order valence-corrected chi connectivity index (χ4v) is 1.87. The highest BCUT2D eigenvalue weighted by Gasteiger charge is 2.33. The molecule has 1 aliphatic carbocycles. The fourth-order valence-electron chi connectivity index (χ4n) is 1.87. The average Bonchev–Trinajstić information content (AvgIpc) is 2.37. The third-order valence-electron chi connectivity index (χ3n) is 2.83. The first-order chi connectivity index (χ1) is 7.71. The van der Waals surface area contributed by atoms with E-state index in [9.17, 15) is 9.90 Å². The highest BCUT2D eigenvalue weighted by atomic mass is 16.3. The van der Waals surface area contributed by atoms with Crippen LogP contribution in [0.4, 0.5) is 0 Å². The number of carbonyl (C=O) groups is 1. The zero-order chi connectivity index (χ0) is 12.0. The molecule has 1 saturated carbocycles. The van der Waals surface area contributed by atoms with E-state index in [1.807, 2.05) is 12.1 Å². The first-order valence-corrected chi connectivity index (χ1v) is 5.35. The molecule has 86 valence electrons. The molecule has 0 amide bonds. The van der Waals surface area contributed by atoms with Crippen molar-refractivity contribution < 1.29 is 9.90 Å². The quantitative estimate of drug-likeness (QED) is 0.737. The maximum absolute atomic E-state index is 11.1. The van der Waals surface area contributed by atoms with Crippen LogP contribution in [-0.4, -0.2) is 15.9 Å². The minimum atomic E-state index is -0.831. The van der Waals surface area contributed by atoms with Crippen LogP contribution in [0.15, 0.2) is 37.7 Å². The molecular formula is C13H17NO2. The summed E-state index contributed by atoms with van der Waals surface area (Å²) in [5.74, 6) is 0.249. The lowest BCUT2D eigenvalue weighted by atomic mass is 9.80. The lowest BCUT2D eigenvalue weighted by molar-refractivity contribution is -0.125. The molecule has 0 aromatic carbocycles. The van der Waals surface area contributed by atoms with E-state index in [1.54, 1.807) is 12.4 Å². The zero-order valence-electron chi connectivity index (χ0n) is 9.35. The van der Waals surface area contributed by atoms with Crippen molar-refractivity contribution in [1.82, 2.24) is 4.98 Å². The molecule has 2 rings (SSSR count). The van der Waals surface area contributed by atoms with E-state index in [2.05, 4.69) is 18.1 Å². The molecule has 3 nitrogen and oxygen atoms in total. The second-order valence-electron chi connectivity index (χ2n) is 3.81. The van der Waals surface area contributed by atoms with Crippen molar-refractivity contribution in [3.8, 4) is 0 Å². The second-order valence-corrected chi connectivity index (χ2v) is 3.81. The van der Waals surface area contributed by atoms with Gasteiger partial charge >= 0.3 is 0 Å². The summed E-state index contributed by atoms with van der Waals surface area (Å²) in [6, 6.07) is 3.67. The monoisotopic (exact) mass is 219 g/mol. The Morgan fingerprint density at radius 1 is 1.31 bits per heavy atom. The first kappa shape index (κ1) is 12.6. The van der Waals surface area contributed by atoms with Gasteiger partial charge in [0.2, 0.25) is 0 Å². The number of hydrogen-bond acceptors (Lipinski definition) is 3. The molecule has 1 heterocycles. The highest BCUT2D eigenvalue weighted by Crippen LogP contribution is 2.34. The molecule has 1 fully saturated rings. The van der Waals surface area contributed by atoms with Crippen molar-refractivity contribution in [3.63, 3.8) is 0 Å². The lowest BCUT2D eigenvalue weighted by Gasteiger charge is -2.31. The van der Waals surface area contributed by atoms with Gasteiger partial charge in [-0.25, -0.2) is 0 Å². The standard InChI is InChI=1S/C11H13NO2.C2H4/c13-10-3-5-11(14,6-4-10)9-2-1-7-12-8-9;1-2/h1-2,7-8,14H,3-6H2;1-2H2. The van der Waals surface area contributed by atoms with Crippen LogP contribution < -0.4 is 0 Å². The molecule has 1 aromatic heterocycles. The van der Waals surface area contributed by atoms with Gasteiger partial charge in [0.25, 0.3) is 0 Å². The fraction of sp³-hybridized carbons (Fsp3) is 0.385.